The van der Waals surface area contributed by atoms with Crippen LogP contribution in [0.2, 0.25) is 0 Å². The monoisotopic (exact) mass is 804 g/mol. The molecule has 2 aliphatic carbocycles. The minimum Gasteiger partial charge on any atom is -0.376 e. The lowest BCUT2D eigenvalue weighted by Gasteiger charge is -2.52. The van der Waals surface area contributed by atoms with Crippen LogP contribution in [-0.2, 0) is 16.2 Å². The van der Waals surface area contributed by atoms with Gasteiger partial charge in [-0.05, 0) is 124 Å². The summed E-state index contributed by atoms with van der Waals surface area (Å²) < 4.78 is 0. The Morgan fingerprint density at radius 3 is 1.79 bits per heavy atom. The lowest BCUT2D eigenvalue weighted by atomic mass is 9.42. The van der Waals surface area contributed by atoms with E-state index in [2.05, 4.69) is 226 Å². The minimum absolute atomic E-state index is 0.0348. The second-order valence-corrected chi connectivity index (χ2v) is 20.0. The number of anilines is 5. The number of nitrogens with zero attached hydrogens (tertiary/aromatic N) is 2. The van der Waals surface area contributed by atoms with E-state index in [-0.39, 0.29) is 17.7 Å². The van der Waals surface area contributed by atoms with Crippen LogP contribution in [0.15, 0.2) is 182 Å². The Hall–Kier alpha value is -7.10. The summed E-state index contributed by atoms with van der Waals surface area (Å²) in [7, 11) is 0. The van der Waals surface area contributed by atoms with Crippen LogP contribution in [0.25, 0.3) is 44.2 Å². The predicted molar refractivity (Wildman–Crippen MR) is 265 cm³/mol. The van der Waals surface area contributed by atoms with Gasteiger partial charge >= 0.3 is 6.85 Å². The molecule has 14 rings (SSSR count). The number of para-hydroxylation sites is 2. The van der Waals surface area contributed by atoms with Gasteiger partial charge in [0.1, 0.15) is 0 Å². The Kier molecular flexibility index (Phi) is 6.69. The Bertz CT molecular complexity index is 3450. The minimum atomic E-state index is -0.495. The summed E-state index contributed by atoms with van der Waals surface area (Å²) in [5.74, 6) is 0. The van der Waals surface area contributed by atoms with E-state index in [9.17, 15) is 0 Å². The van der Waals surface area contributed by atoms with E-state index in [1.54, 1.807) is 0 Å². The van der Waals surface area contributed by atoms with Gasteiger partial charge in [-0.25, -0.2) is 0 Å². The summed E-state index contributed by atoms with van der Waals surface area (Å²) in [4.78, 5) is 5.39. The van der Waals surface area contributed by atoms with Crippen molar-refractivity contribution in [1.29, 1.82) is 0 Å². The summed E-state index contributed by atoms with van der Waals surface area (Å²) in [5, 5.41) is 2.57. The van der Waals surface area contributed by atoms with E-state index in [0.717, 1.165) is 0 Å². The van der Waals surface area contributed by atoms with Crippen molar-refractivity contribution in [2.75, 3.05) is 9.71 Å². The van der Waals surface area contributed by atoms with Gasteiger partial charge in [0.25, 0.3) is 0 Å². The number of hydrogen-bond acceptors (Lipinski definition) is 2. The van der Waals surface area contributed by atoms with Crippen LogP contribution in [0.1, 0.15) is 73.6 Å². The van der Waals surface area contributed by atoms with Crippen LogP contribution in [0.3, 0.4) is 0 Å². The van der Waals surface area contributed by atoms with Gasteiger partial charge in [0.05, 0.1) is 11.1 Å². The Balaban J connectivity index is 1.16. The number of fused-ring (bicyclic) bond motifs is 19. The first-order chi connectivity index (χ1) is 30.7. The zero-order chi connectivity index (χ0) is 42.1. The van der Waals surface area contributed by atoms with Gasteiger partial charge in [-0.2, -0.15) is 0 Å². The van der Waals surface area contributed by atoms with Gasteiger partial charge in [-0.3, -0.25) is 0 Å². The molecule has 1 spiro atoms. The van der Waals surface area contributed by atoms with Gasteiger partial charge in [-0.1, -0.05) is 186 Å². The van der Waals surface area contributed by atoms with Crippen molar-refractivity contribution in [2.24, 2.45) is 0 Å². The SMILES string of the molecule is CC(C)(C)c1ccc(N2B3c4cccc5c4N(c4ccccc4C54c5ccccc5-c5ccccc54)c4cc5ccccc5c(c43)-c3c2ccc2c3C(C)(C)c3ccccc3-2)cc1. The van der Waals surface area contributed by atoms with Crippen LogP contribution in [0, 0.1) is 0 Å². The highest BCUT2D eigenvalue weighted by Gasteiger charge is 2.56. The molecular formula is C60H45BN2. The molecule has 0 radical (unpaired) electrons. The Morgan fingerprint density at radius 1 is 0.476 bits per heavy atom. The summed E-state index contributed by atoms with van der Waals surface area (Å²) >= 11 is 0. The van der Waals surface area contributed by atoms with E-state index in [1.807, 2.05) is 0 Å². The quantitative estimate of drug-likeness (QED) is 0.153. The van der Waals surface area contributed by atoms with E-state index >= 15 is 0 Å². The van der Waals surface area contributed by atoms with Crippen molar-refractivity contribution in [1.82, 2.24) is 0 Å². The summed E-state index contributed by atoms with van der Waals surface area (Å²) in [6.45, 7) is 11.7. The predicted octanol–water partition coefficient (Wildman–Crippen LogP) is 13.8. The van der Waals surface area contributed by atoms with Gasteiger partial charge in [-0.15, -0.1) is 0 Å². The summed E-state index contributed by atoms with van der Waals surface area (Å²) in [6.07, 6.45) is 0. The van der Waals surface area contributed by atoms with Gasteiger partial charge < -0.3 is 9.71 Å². The molecular weight excluding hydrogens is 759 g/mol. The number of rotatable bonds is 1. The zero-order valence-corrected chi connectivity index (χ0v) is 36.3. The van der Waals surface area contributed by atoms with E-state index in [4.69, 9.17) is 0 Å². The van der Waals surface area contributed by atoms with E-state index < -0.39 is 5.41 Å². The lowest BCUT2D eigenvalue weighted by molar-refractivity contribution is 0.590. The molecule has 9 aromatic carbocycles. The third kappa shape index (κ3) is 4.22. The average Bonchev–Trinajstić information content (AvgIpc) is 3.73. The first-order valence-corrected chi connectivity index (χ1v) is 22.6. The third-order valence-corrected chi connectivity index (χ3v) is 15.6. The van der Waals surface area contributed by atoms with Gasteiger partial charge in [0.2, 0.25) is 0 Å². The maximum Gasteiger partial charge on any atom is 0.333 e. The molecule has 9 aromatic rings. The second-order valence-electron chi connectivity index (χ2n) is 20.0. The molecule has 63 heavy (non-hydrogen) atoms. The highest BCUT2D eigenvalue weighted by Crippen LogP contribution is 2.65. The number of hydrogen-bond donors (Lipinski definition) is 0. The molecule has 0 saturated carbocycles. The number of benzene rings is 9. The molecule has 0 fully saturated rings. The molecule has 0 saturated heterocycles. The maximum atomic E-state index is 2.72. The smallest absolute Gasteiger partial charge is 0.333 e. The van der Waals surface area contributed by atoms with Crippen LogP contribution in [-0.4, -0.2) is 6.85 Å². The largest absolute Gasteiger partial charge is 0.376 e. The fraction of sp³-hybridized carbons (Fsp3) is 0.133. The fourth-order valence-corrected chi connectivity index (χ4v) is 13.0. The molecule has 298 valence electrons. The Labute approximate surface area is 370 Å². The highest BCUT2D eigenvalue weighted by molar-refractivity contribution is 6.94. The van der Waals surface area contributed by atoms with Crippen molar-refractivity contribution >= 4 is 57.0 Å². The Morgan fingerprint density at radius 2 is 1.08 bits per heavy atom. The van der Waals surface area contributed by atoms with Gasteiger partial charge in [0.15, 0.2) is 0 Å². The maximum absolute atomic E-state index is 2.72. The topological polar surface area (TPSA) is 6.48 Å². The molecule has 0 bridgehead atoms. The molecule has 3 heterocycles. The van der Waals surface area contributed by atoms with Crippen molar-refractivity contribution in [3.05, 3.63) is 221 Å². The molecule has 0 unspecified atom stereocenters. The third-order valence-electron chi connectivity index (χ3n) is 15.6. The lowest BCUT2D eigenvalue weighted by Crippen LogP contribution is -2.63. The second kappa shape index (κ2) is 11.9. The normalized spacial score (nSPS) is 15.9. The molecule has 2 nitrogen and oxygen atoms in total. The molecule has 0 amide bonds. The average molecular weight is 805 g/mol. The van der Waals surface area contributed by atoms with Crippen molar-refractivity contribution < 1.29 is 0 Å². The molecule has 3 aliphatic heterocycles. The molecule has 5 aliphatic rings. The standard InChI is InChI=1S/C60H45BN2/c1-58(2,3)37-29-31-38(32-30-37)63-51-34-33-43-42-21-8-11-22-44(42)59(4,5)55(43)54(51)53-39-18-7-6-17-36(39)35-52-56(53)61(63)49-27-16-26-48-57(49)62(52)50-28-15-14-25-47(50)60(48)45-23-12-9-19-40(45)41-20-10-13-24-46(41)60/h6-35H,1-5H3. The van der Waals surface area contributed by atoms with Crippen LogP contribution < -0.4 is 20.6 Å². The van der Waals surface area contributed by atoms with Crippen molar-refractivity contribution in [3.8, 4) is 33.4 Å². The van der Waals surface area contributed by atoms with Crippen LogP contribution >= 0.6 is 0 Å². The van der Waals surface area contributed by atoms with E-state index in [0.29, 0.717) is 0 Å². The van der Waals surface area contributed by atoms with Crippen LogP contribution in [0.5, 0.6) is 0 Å². The molecule has 0 aromatic heterocycles. The molecule has 0 N–H and O–H groups in total. The van der Waals surface area contributed by atoms with E-state index in [1.165, 1.54) is 122 Å². The zero-order valence-electron chi connectivity index (χ0n) is 36.3. The molecule has 0 atom stereocenters. The van der Waals surface area contributed by atoms with Crippen molar-refractivity contribution in [2.45, 2.75) is 50.9 Å². The van der Waals surface area contributed by atoms with Crippen LogP contribution in [0.4, 0.5) is 28.4 Å². The molecule has 3 heteroatoms. The fourth-order valence-electron chi connectivity index (χ4n) is 13.0. The first kappa shape index (κ1) is 35.5. The van der Waals surface area contributed by atoms with Gasteiger partial charge in [0, 0.05) is 33.7 Å². The highest BCUT2D eigenvalue weighted by atomic mass is 15.2. The first-order valence-electron chi connectivity index (χ1n) is 22.6. The van der Waals surface area contributed by atoms with Crippen molar-refractivity contribution in [3.63, 3.8) is 0 Å². The summed E-state index contributed by atoms with van der Waals surface area (Å²) in [5.41, 5.74) is 25.9. The summed E-state index contributed by atoms with van der Waals surface area (Å²) in [6, 6.07) is 70.1.